The van der Waals surface area contributed by atoms with Gasteiger partial charge in [0.1, 0.15) is 18.3 Å². The molecule has 0 radical (unpaired) electrons. The molecule has 33 heteroatoms. The summed E-state index contributed by atoms with van der Waals surface area (Å²) >= 11 is 3.93. The quantitative estimate of drug-likeness (QED) is 0.0182. The second-order valence-electron chi connectivity index (χ2n) is 14.7. The van der Waals surface area contributed by atoms with Crippen molar-refractivity contribution < 1.29 is 107 Å². The number of phosphoric ester groups is 1. The van der Waals surface area contributed by atoms with Crippen molar-refractivity contribution in [2.75, 3.05) is 78.1 Å². The first kappa shape index (κ1) is 69.4. The summed E-state index contributed by atoms with van der Waals surface area (Å²) in [7, 11) is -14.0. The van der Waals surface area contributed by atoms with E-state index in [2.05, 4.69) is 57.4 Å². The van der Waals surface area contributed by atoms with Crippen LogP contribution in [-0.2, 0) is 67.0 Å². The van der Waals surface area contributed by atoms with Gasteiger partial charge in [0.05, 0.1) is 33.0 Å². The molecule has 0 saturated heterocycles. The van der Waals surface area contributed by atoms with Crippen molar-refractivity contribution in [3.8, 4) is 0 Å². The second kappa shape index (κ2) is 35.0. The largest absolute Gasteiger partial charge is 0.469 e. The second-order valence-corrected chi connectivity index (χ2v) is 18.6. The van der Waals surface area contributed by atoms with Gasteiger partial charge in [-0.05, 0) is 0 Å². The van der Waals surface area contributed by atoms with E-state index in [9.17, 15) is 65.5 Å². The van der Waals surface area contributed by atoms with Crippen LogP contribution in [0, 0.1) is 16.7 Å². The summed E-state index contributed by atoms with van der Waals surface area (Å²) in [4.78, 5) is 85.9. The molecule has 66 heavy (non-hydrogen) atoms. The topological polar surface area (TPSA) is 470 Å². The maximum atomic E-state index is 11.7. The third-order valence-electron chi connectivity index (χ3n) is 7.71. The molecule has 0 bridgehead atoms. The van der Waals surface area contributed by atoms with Crippen molar-refractivity contribution in [3.63, 3.8) is 0 Å². The van der Waals surface area contributed by atoms with E-state index in [1.165, 1.54) is 34.6 Å². The van der Waals surface area contributed by atoms with Gasteiger partial charge in [-0.25, -0.2) is 12.9 Å². The van der Waals surface area contributed by atoms with Crippen LogP contribution in [0.3, 0.4) is 0 Å². The number of nitrogens with one attached hydrogen (secondary N) is 6. The van der Waals surface area contributed by atoms with E-state index < -0.39 is 101 Å². The van der Waals surface area contributed by atoms with E-state index in [0.29, 0.717) is 12.3 Å². The molecule has 0 rings (SSSR count). The standard InChI is InChI=1S/C11H23N2O8P.C11H22N2O7S2.C10H20N2O8S.CH4/c1-11(2,7-21-22(18,19)20)9(16)10(17)13-4-3-8(15)12-5-6-14;1-11(2,7-20-22(17,18)19)9(15)10(16)13-4-3-8(14)12-5-6-21;1-7(6-20-21(17,18)19)9(15)10(16)12-3-2-8(14)11-4-5-13;/h9,14,16H,3-7H2,1-2H3,(H,12,15)(H,13,17)(H2,18,19,20);9,15,21H,3-7H2,1-2H3,(H,12,14)(H,13,16)(H,17,18,19);7,9,13,15H,2-6H2,1H3,(H,11,14)(H,12,16)(H,17,18,19);1H4/t;;7-,9-;/m..0./s1. The summed E-state index contributed by atoms with van der Waals surface area (Å²) in [6.45, 7) is 5.49. The van der Waals surface area contributed by atoms with Gasteiger partial charge in [-0.1, -0.05) is 42.0 Å². The maximum Gasteiger partial charge on any atom is 0.469 e. The van der Waals surface area contributed by atoms with Crippen LogP contribution < -0.4 is 31.9 Å². The zero-order chi connectivity index (χ0) is 51.2. The summed E-state index contributed by atoms with van der Waals surface area (Å²) < 4.78 is 81.7. The predicted octanol–water partition coefficient (Wildman–Crippen LogP) is -5.10. The van der Waals surface area contributed by atoms with Gasteiger partial charge >= 0.3 is 28.6 Å². The molecule has 0 saturated carbocycles. The number of phosphoric acid groups is 1. The number of hydrogen-bond donors (Lipinski definition) is 16. The molecule has 0 aliphatic carbocycles. The lowest BCUT2D eigenvalue weighted by atomic mass is 9.87. The first-order chi connectivity index (χ1) is 29.7. The van der Waals surface area contributed by atoms with Crippen LogP contribution in [0.2, 0.25) is 0 Å². The maximum absolute atomic E-state index is 11.7. The fourth-order valence-electron chi connectivity index (χ4n) is 3.93. The smallest absolute Gasteiger partial charge is 0.395 e. The summed E-state index contributed by atoms with van der Waals surface area (Å²) in [5, 5.41) is 60.6. The SMILES string of the molecule is C.CC(C)(COP(=O)(O)O)C(O)C(=O)NCCC(=O)NCCO.CC(C)(COS(=O)(=O)O)C(O)C(=O)NCCC(=O)NCCS.C[C@@H](COS(=O)(=O)O)[C@H](O)C(=O)NCCC(=O)NCCO. The Labute approximate surface area is 389 Å². The first-order valence-corrected chi connectivity index (χ1v) is 24.0. The number of amides is 6. The molecule has 0 aliphatic heterocycles. The number of carbonyl (C=O) groups is 6. The highest BCUT2D eigenvalue weighted by Crippen LogP contribution is 2.38. The Hall–Kier alpha value is -3.18. The Bertz CT molecular complexity index is 1740. The molecule has 0 fully saturated rings. The molecular formula is C33H69N6O23PS3. The average Bonchev–Trinajstić information content (AvgIpc) is 3.20. The fraction of sp³-hybridized carbons (Fsp3) is 0.818. The Morgan fingerprint density at radius 1 is 0.606 bits per heavy atom. The molecule has 0 aliphatic rings. The lowest BCUT2D eigenvalue weighted by Gasteiger charge is -2.29. The van der Waals surface area contributed by atoms with Crippen LogP contribution in [0.15, 0.2) is 0 Å². The minimum absolute atomic E-state index is 0. The minimum atomic E-state index is -4.69. The van der Waals surface area contributed by atoms with Crippen molar-refractivity contribution in [3.05, 3.63) is 0 Å². The van der Waals surface area contributed by atoms with Crippen LogP contribution >= 0.6 is 20.5 Å². The molecule has 0 aromatic heterocycles. The molecule has 0 spiro atoms. The summed E-state index contributed by atoms with van der Waals surface area (Å²) in [6, 6.07) is 0. The summed E-state index contributed by atoms with van der Waals surface area (Å²) in [6.07, 6.45) is -4.72. The van der Waals surface area contributed by atoms with Crippen LogP contribution in [0.5, 0.6) is 0 Å². The third-order valence-corrected chi connectivity index (χ3v) is 9.24. The molecule has 2 unspecified atom stereocenters. The Morgan fingerprint density at radius 3 is 1.29 bits per heavy atom. The first-order valence-electron chi connectivity index (χ1n) is 19.1. The minimum Gasteiger partial charge on any atom is -0.395 e. The number of thiol groups is 1. The number of aliphatic hydroxyl groups excluding tert-OH is 5. The number of aliphatic hydroxyl groups is 5. The summed E-state index contributed by atoms with van der Waals surface area (Å²) in [5.74, 6) is -3.74. The fourth-order valence-corrected chi connectivity index (χ4v) is 5.39. The predicted molar refractivity (Wildman–Crippen MR) is 234 cm³/mol. The molecule has 392 valence electrons. The van der Waals surface area contributed by atoms with E-state index >= 15 is 0 Å². The van der Waals surface area contributed by atoms with Gasteiger partial charge in [0.2, 0.25) is 35.4 Å². The normalized spacial score (nSPS) is 13.6. The van der Waals surface area contributed by atoms with Gasteiger partial charge in [-0.2, -0.15) is 29.5 Å². The average molecular weight is 1050 g/mol. The molecule has 4 atom stereocenters. The van der Waals surface area contributed by atoms with E-state index in [1.807, 2.05) is 0 Å². The highest BCUT2D eigenvalue weighted by molar-refractivity contribution is 7.81. The monoisotopic (exact) mass is 1040 g/mol. The van der Waals surface area contributed by atoms with Crippen LogP contribution in [0.1, 0.15) is 61.3 Å². The van der Waals surface area contributed by atoms with Gasteiger partial charge in [0.15, 0.2) is 0 Å². The Balaban J connectivity index is -0.000000434. The van der Waals surface area contributed by atoms with Gasteiger partial charge < -0.3 is 67.2 Å². The van der Waals surface area contributed by atoms with E-state index in [1.54, 1.807) is 0 Å². The van der Waals surface area contributed by atoms with E-state index in [-0.39, 0.29) is 90.3 Å². The third kappa shape index (κ3) is 38.9. The van der Waals surface area contributed by atoms with Crippen molar-refractivity contribution in [2.24, 2.45) is 16.7 Å². The molecule has 0 aromatic carbocycles. The molecule has 0 heterocycles. The number of rotatable bonds is 30. The summed E-state index contributed by atoms with van der Waals surface area (Å²) in [5.41, 5.74) is -2.49. The van der Waals surface area contributed by atoms with Gasteiger partial charge in [0.25, 0.3) is 0 Å². The highest BCUT2D eigenvalue weighted by atomic mass is 32.3. The van der Waals surface area contributed by atoms with Crippen molar-refractivity contribution >= 4 is 76.7 Å². The van der Waals surface area contributed by atoms with Crippen molar-refractivity contribution in [1.82, 2.24) is 31.9 Å². The van der Waals surface area contributed by atoms with Crippen LogP contribution in [0.25, 0.3) is 0 Å². The Kier molecular flexibility index (Phi) is 36.8. The van der Waals surface area contributed by atoms with Gasteiger partial charge in [0, 0.05) is 81.0 Å². The number of carbonyl (C=O) groups excluding carboxylic acids is 6. The van der Waals surface area contributed by atoms with Crippen molar-refractivity contribution in [1.29, 1.82) is 0 Å². The van der Waals surface area contributed by atoms with Crippen LogP contribution in [0.4, 0.5) is 0 Å². The van der Waals surface area contributed by atoms with E-state index in [0.717, 1.165) is 0 Å². The zero-order valence-electron chi connectivity index (χ0n) is 36.4. The van der Waals surface area contributed by atoms with Gasteiger partial charge in [-0.3, -0.25) is 42.4 Å². The number of hydrogen-bond acceptors (Lipinski definition) is 20. The van der Waals surface area contributed by atoms with Gasteiger partial charge in [-0.15, -0.1) is 0 Å². The van der Waals surface area contributed by atoms with E-state index in [4.69, 9.17) is 29.1 Å². The lowest BCUT2D eigenvalue weighted by molar-refractivity contribution is -0.137. The van der Waals surface area contributed by atoms with Crippen LogP contribution in [-0.4, -0.2) is 193 Å². The molecule has 15 N–H and O–H groups in total. The van der Waals surface area contributed by atoms with Crippen molar-refractivity contribution in [2.45, 2.75) is 79.6 Å². The molecule has 0 aromatic rings. The molecular weight excluding hydrogens is 976 g/mol. The Morgan fingerprint density at radius 2 is 0.955 bits per heavy atom. The highest BCUT2D eigenvalue weighted by Gasteiger charge is 2.37. The lowest BCUT2D eigenvalue weighted by Crippen LogP contribution is -2.46. The molecule has 29 nitrogen and oxygen atoms in total. The molecule has 6 amide bonds. The zero-order valence-corrected chi connectivity index (χ0v) is 39.8.